The number of aromatic nitrogens is 10. The first-order valence-corrected chi connectivity index (χ1v) is 25.0. The average molecular weight is 983 g/mol. The molecular weight excluding hydrogens is 921 g/mol. The number of nitrogens with zero attached hydrogens (tertiary/aromatic N) is 14. The minimum absolute atomic E-state index is 0.00384. The van der Waals surface area contributed by atoms with E-state index in [4.69, 9.17) is 19.7 Å². The van der Waals surface area contributed by atoms with Gasteiger partial charge >= 0.3 is 0 Å². The number of benzene rings is 2. The predicted molar refractivity (Wildman–Crippen MR) is 263 cm³/mol. The van der Waals surface area contributed by atoms with Crippen LogP contribution in [0.2, 0.25) is 0 Å². The normalized spacial score (nSPS) is 19.9. The van der Waals surface area contributed by atoms with Gasteiger partial charge in [0.05, 0.1) is 56.9 Å². The van der Waals surface area contributed by atoms with Crippen LogP contribution in [-0.4, -0.2) is 168 Å². The molecule has 1 unspecified atom stereocenters. The second kappa shape index (κ2) is 22.1. The molecule has 6 aromatic rings. The van der Waals surface area contributed by atoms with E-state index in [-0.39, 0.29) is 29.5 Å². The maximum absolute atomic E-state index is 13.6. The molecule has 2 saturated heterocycles. The van der Waals surface area contributed by atoms with Crippen molar-refractivity contribution in [2.24, 2.45) is 0 Å². The highest BCUT2D eigenvalue weighted by atomic mass is 16.5. The summed E-state index contributed by atoms with van der Waals surface area (Å²) < 4.78 is 18.4. The van der Waals surface area contributed by atoms with Gasteiger partial charge in [0.25, 0.3) is 23.6 Å². The first-order valence-electron chi connectivity index (χ1n) is 25.0. The fraction of sp³-hybridized carbons (Fsp3) is 0.480. The second-order valence-electron chi connectivity index (χ2n) is 18.9. The molecule has 4 aliphatic heterocycles. The predicted octanol–water partition coefficient (Wildman–Crippen LogP) is 1.96. The quantitative estimate of drug-likeness (QED) is 0.134. The molecule has 8 heterocycles. The van der Waals surface area contributed by atoms with Crippen LogP contribution in [0.1, 0.15) is 81.0 Å². The molecule has 4 aliphatic rings. The molecule has 378 valence electrons. The van der Waals surface area contributed by atoms with Crippen LogP contribution in [-0.2, 0) is 58.1 Å². The molecule has 2 aromatic carbocycles. The Morgan fingerprint density at radius 3 is 1.79 bits per heavy atom. The fourth-order valence-corrected chi connectivity index (χ4v) is 9.98. The summed E-state index contributed by atoms with van der Waals surface area (Å²) in [4.78, 5) is 70.3. The number of fused-ring (bicyclic) bond motifs is 2. The van der Waals surface area contributed by atoms with E-state index in [0.717, 1.165) is 106 Å². The molecule has 0 aliphatic carbocycles. The van der Waals surface area contributed by atoms with Gasteiger partial charge in [-0.3, -0.25) is 38.8 Å². The Morgan fingerprint density at radius 2 is 1.18 bits per heavy atom. The molecule has 4 amide bonds. The van der Waals surface area contributed by atoms with Gasteiger partial charge in [-0.05, 0) is 68.3 Å². The van der Waals surface area contributed by atoms with Crippen molar-refractivity contribution in [2.45, 2.75) is 82.8 Å². The number of carbonyl (C=O) groups is 4. The number of hydrogen-bond donors (Lipinski definition) is 2. The van der Waals surface area contributed by atoms with Crippen molar-refractivity contribution in [3.8, 4) is 0 Å². The van der Waals surface area contributed by atoms with E-state index < -0.39 is 23.9 Å². The Kier molecular flexibility index (Phi) is 14.9. The number of anilines is 2. The average Bonchev–Trinajstić information content (AvgIpc) is 4.22. The maximum Gasteiger partial charge on any atom is 0.291 e. The van der Waals surface area contributed by atoms with Gasteiger partial charge in [0.2, 0.25) is 11.6 Å². The zero-order chi connectivity index (χ0) is 49.6. The summed E-state index contributed by atoms with van der Waals surface area (Å²) in [7, 11) is 3.44. The Hall–Kier alpha value is -7.14. The standard InChI is InChI=1S/C50H62N16O6/c1-59-43-28-38(13-7-17-61-21-24-71-25-22-61)55-65(43)19-15-41(49(59)69)54-48(68)46-52-34-64(58-46)31-36-11-6-12-37(27-36)42-32-72-26-23-62(42)18-8-14-39-29-44-60(2)50(70)40(16-20-66(44)56-39)53-47(67)45-51-33-63(57-45)30-35-9-4-3-5-10-35/h3-6,9-12,27-29,33-34,40-42H,7-8,13-26,30-32H2,1-2H3,(H,53,67)(H,54,68)/t40-,41+,42?/m1/s1. The Balaban J connectivity index is 0.689. The van der Waals surface area contributed by atoms with Crippen molar-refractivity contribution in [1.29, 1.82) is 0 Å². The summed E-state index contributed by atoms with van der Waals surface area (Å²) in [5.41, 5.74) is 5.00. The van der Waals surface area contributed by atoms with Crippen LogP contribution in [0.5, 0.6) is 0 Å². The van der Waals surface area contributed by atoms with Gasteiger partial charge in [0, 0.05) is 59.0 Å². The topological polar surface area (TPSA) is 221 Å². The molecule has 2 N–H and O–H groups in total. The minimum Gasteiger partial charge on any atom is -0.379 e. The fourth-order valence-electron chi connectivity index (χ4n) is 9.98. The van der Waals surface area contributed by atoms with Crippen molar-refractivity contribution in [1.82, 2.24) is 69.5 Å². The lowest BCUT2D eigenvalue weighted by molar-refractivity contribution is -0.120. The zero-order valence-corrected chi connectivity index (χ0v) is 40.9. The van der Waals surface area contributed by atoms with Crippen LogP contribution in [0.4, 0.5) is 11.6 Å². The number of likely N-dealkylation sites (N-methyl/N-ethyl adjacent to an activating group) is 2. The molecule has 0 saturated carbocycles. The molecule has 2 fully saturated rings. The van der Waals surface area contributed by atoms with Gasteiger partial charge in [-0.2, -0.15) is 10.2 Å². The minimum atomic E-state index is -0.748. The van der Waals surface area contributed by atoms with Crippen LogP contribution in [0.3, 0.4) is 0 Å². The molecule has 22 nitrogen and oxygen atoms in total. The molecule has 22 heteroatoms. The van der Waals surface area contributed by atoms with Crippen molar-refractivity contribution >= 4 is 35.3 Å². The SMILES string of the molecule is CN1C(=O)[C@@H](NC(=O)c2ncn(Cc3cccc(C4COCCN4CCCc4cc5n(n4)CC[C@@H](NC(=O)c4ncn(Cc6ccccc6)n4)C(=O)N5C)c3)n2)CCn2nc(CCCN3CCOCC3)cc21. The number of carbonyl (C=O) groups excluding carboxylic acids is 4. The third-order valence-corrected chi connectivity index (χ3v) is 13.9. The molecule has 10 rings (SSSR count). The summed E-state index contributed by atoms with van der Waals surface area (Å²) in [6, 6.07) is 20.6. The van der Waals surface area contributed by atoms with E-state index >= 15 is 0 Å². The molecule has 0 bridgehead atoms. The molecule has 4 aromatic heterocycles. The third kappa shape index (κ3) is 11.3. The summed E-state index contributed by atoms with van der Waals surface area (Å²) in [5, 5.41) is 24.2. The van der Waals surface area contributed by atoms with Crippen molar-refractivity contribution < 1.29 is 28.7 Å². The van der Waals surface area contributed by atoms with Gasteiger partial charge in [-0.25, -0.2) is 28.7 Å². The van der Waals surface area contributed by atoms with Crippen LogP contribution < -0.4 is 20.4 Å². The molecular formula is C50H62N16O6. The summed E-state index contributed by atoms with van der Waals surface area (Å²) in [6.07, 6.45) is 7.20. The largest absolute Gasteiger partial charge is 0.379 e. The van der Waals surface area contributed by atoms with Crippen LogP contribution >= 0.6 is 0 Å². The molecule has 3 atom stereocenters. The van der Waals surface area contributed by atoms with Gasteiger partial charge in [-0.15, -0.1) is 10.2 Å². The van der Waals surface area contributed by atoms with E-state index in [1.165, 1.54) is 12.7 Å². The maximum atomic E-state index is 13.6. The van der Waals surface area contributed by atoms with Crippen molar-refractivity contribution in [2.75, 3.05) is 83.0 Å². The summed E-state index contributed by atoms with van der Waals surface area (Å²) >= 11 is 0. The lowest BCUT2D eigenvalue weighted by atomic mass is 10.0. The molecule has 0 radical (unpaired) electrons. The van der Waals surface area contributed by atoms with Crippen LogP contribution in [0.25, 0.3) is 0 Å². The Labute approximate surface area is 417 Å². The summed E-state index contributed by atoms with van der Waals surface area (Å²) in [5.74, 6) is -0.0207. The molecule has 0 spiro atoms. The van der Waals surface area contributed by atoms with Gasteiger partial charge < -0.3 is 20.1 Å². The number of morpholine rings is 2. The van der Waals surface area contributed by atoms with E-state index in [1.807, 2.05) is 64.0 Å². The monoisotopic (exact) mass is 983 g/mol. The van der Waals surface area contributed by atoms with Gasteiger partial charge in [-0.1, -0.05) is 54.6 Å². The molecule has 72 heavy (non-hydrogen) atoms. The summed E-state index contributed by atoms with van der Waals surface area (Å²) in [6.45, 7) is 9.07. The number of hydrogen-bond acceptors (Lipinski definition) is 14. The first-order chi connectivity index (χ1) is 35.1. The number of amides is 4. The van der Waals surface area contributed by atoms with Gasteiger partial charge in [0.1, 0.15) is 36.4 Å². The first kappa shape index (κ1) is 48.5. The smallest absolute Gasteiger partial charge is 0.291 e. The Morgan fingerprint density at radius 1 is 0.625 bits per heavy atom. The van der Waals surface area contributed by atoms with Crippen LogP contribution in [0.15, 0.2) is 79.4 Å². The highest BCUT2D eigenvalue weighted by molar-refractivity contribution is 6.01. The van der Waals surface area contributed by atoms with E-state index in [2.05, 4.69) is 52.7 Å². The zero-order valence-electron chi connectivity index (χ0n) is 40.9. The highest BCUT2D eigenvalue weighted by Crippen LogP contribution is 2.28. The van der Waals surface area contributed by atoms with Gasteiger partial charge in [0.15, 0.2) is 0 Å². The number of rotatable bonds is 17. The lowest BCUT2D eigenvalue weighted by Gasteiger charge is -2.36. The Bertz CT molecular complexity index is 2850. The lowest BCUT2D eigenvalue weighted by Crippen LogP contribution is -2.47. The number of ether oxygens (including phenoxy) is 2. The van der Waals surface area contributed by atoms with Crippen molar-refractivity contribution in [3.05, 3.63) is 119 Å². The number of aryl methyl sites for hydroxylation is 4. The van der Waals surface area contributed by atoms with Crippen LogP contribution in [0, 0.1) is 0 Å². The second-order valence-corrected chi connectivity index (χ2v) is 18.9. The highest BCUT2D eigenvalue weighted by Gasteiger charge is 2.34. The number of nitrogens with one attached hydrogen (secondary N) is 2. The van der Waals surface area contributed by atoms with E-state index in [9.17, 15) is 19.2 Å². The van der Waals surface area contributed by atoms with E-state index in [1.54, 1.807) is 33.3 Å². The van der Waals surface area contributed by atoms with Crippen molar-refractivity contribution in [3.63, 3.8) is 0 Å². The third-order valence-electron chi connectivity index (χ3n) is 13.9. The van der Waals surface area contributed by atoms with E-state index in [0.29, 0.717) is 58.1 Å².